The van der Waals surface area contributed by atoms with Crippen LogP contribution in [0.5, 0.6) is 0 Å². The number of halogens is 1. The second-order valence-electron chi connectivity index (χ2n) is 5.56. The monoisotopic (exact) mass is 352 g/mol. The van der Waals surface area contributed by atoms with E-state index in [1.807, 2.05) is 37.3 Å². The molecule has 0 radical (unpaired) electrons. The molecule has 3 rings (SSSR count). The highest BCUT2D eigenvalue weighted by Gasteiger charge is 2.08. The van der Waals surface area contributed by atoms with Crippen LogP contribution in [-0.4, -0.2) is 15.9 Å². The molecule has 0 aliphatic carbocycles. The zero-order valence-electron chi connectivity index (χ0n) is 13.7. The fraction of sp³-hybridized carbons (Fsp3) is 0.105. The van der Waals surface area contributed by atoms with Gasteiger partial charge < -0.3 is 10.6 Å². The number of nitrogens with zero attached hydrogens (tertiary/aromatic N) is 2. The lowest BCUT2D eigenvalue weighted by Gasteiger charge is -2.09. The fourth-order valence-corrected chi connectivity index (χ4v) is 2.41. The van der Waals surface area contributed by atoms with E-state index in [0.29, 0.717) is 22.8 Å². The van der Waals surface area contributed by atoms with Crippen molar-refractivity contribution in [2.75, 3.05) is 10.6 Å². The van der Waals surface area contributed by atoms with Crippen molar-refractivity contribution >= 4 is 28.9 Å². The predicted octanol–water partition coefficient (Wildman–Crippen LogP) is 4.30. The van der Waals surface area contributed by atoms with Gasteiger partial charge in [-0.15, -0.1) is 0 Å². The van der Waals surface area contributed by atoms with Gasteiger partial charge in [-0.2, -0.15) is 0 Å². The quantitative estimate of drug-likeness (QED) is 0.718. The van der Waals surface area contributed by atoms with Gasteiger partial charge in [0, 0.05) is 29.3 Å². The lowest BCUT2D eigenvalue weighted by atomic mass is 10.2. The van der Waals surface area contributed by atoms with Crippen LogP contribution >= 0.6 is 11.6 Å². The Balaban J connectivity index is 1.67. The largest absolute Gasteiger partial charge is 0.378 e. The number of pyridine rings is 2. The number of rotatable bonds is 5. The average Bonchev–Trinajstić information content (AvgIpc) is 2.64. The number of aryl methyl sites for hydroxylation is 1. The Bertz CT molecular complexity index is 884. The van der Waals surface area contributed by atoms with E-state index in [0.717, 1.165) is 16.9 Å². The summed E-state index contributed by atoms with van der Waals surface area (Å²) >= 11 is 6.09. The predicted molar refractivity (Wildman–Crippen MR) is 99.9 cm³/mol. The summed E-state index contributed by atoms with van der Waals surface area (Å²) in [5.74, 6) is -0.242. The molecule has 126 valence electrons. The number of amides is 1. The lowest BCUT2D eigenvalue weighted by Crippen LogP contribution is -2.13. The molecular weight excluding hydrogens is 336 g/mol. The van der Waals surface area contributed by atoms with Gasteiger partial charge in [-0.25, -0.2) is 0 Å². The minimum atomic E-state index is -0.242. The summed E-state index contributed by atoms with van der Waals surface area (Å²) in [4.78, 5) is 20.8. The molecule has 0 spiro atoms. The normalized spacial score (nSPS) is 10.3. The van der Waals surface area contributed by atoms with Gasteiger partial charge in [-0.3, -0.25) is 14.8 Å². The molecule has 2 heterocycles. The van der Waals surface area contributed by atoms with E-state index < -0.39 is 0 Å². The smallest absolute Gasteiger partial charge is 0.257 e. The van der Waals surface area contributed by atoms with Gasteiger partial charge in [-0.1, -0.05) is 23.7 Å². The van der Waals surface area contributed by atoms with Gasteiger partial charge in [0.25, 0.3) is 5.91 Å². The molecule has 2 aromatic heterocycles. The summed E-state index contributed by atoms with van der Waals surface area (Å²) < 4.78 is 0. The van der Waals surface area contributed by atoms with Gasteiger partial charge >= 0.3 is 0 Å². The molecule has 0 unspecified atom stereocenters. The Hall–Kier alpha value is -2.92. The first-order chi connectivity index (χ1) is 12.1. The third-order valence-corrected chi connectivity index (χ3v) is 4.04. The first-order valence-electron chi connectivity index (χ1n) is 7.78. The highest BCUT2D eigenvalue weighted by atomic mass is 35.5. The Morgan fingerprint density at radius 2 is 2.00 bits per heavy atom. The minimum absolute atomic E-state index is 0.242. The van der Waals surface area contributed by atoms with Crippen molar-refractivity contribution in [2.45, 2.75) is 13.5 Å². The summed E-state index contributed by atoms with van der Waals surface area (Å²) in [7, 11) is 0. The van der Waals surface area contributed by atoms with E-state index in [9.17, 15) is 4.79 Å². The first kappa shape index (κ1) is 16.9. The summed E-state index contributed by atoms with van der Waals surface area (Å²) in [6.45, 7) is 2.47. The average molecular weight is 353 g/mol. The van der Waals surface area contributed by atoms with Crippen molar-refractivity contribution in [3.63, 3.8) is 0 Å². The molecule has 2 N–H and O–H groups in total. The van der Waals surface area contributed by atoms with E-state index in [1.54, 1.807) is 24.5 Å². The van der Waals surface area contributed by atoms with Crippen molar-refractivity contribution in [2.24, 2.45) is 0 Å². The first-order valence-corrected chi connectivity index (χ1v) is 8.16. The SMILES string of the molecule is Cc1ccc(NC(=O)c2cncc(NCc3ccccn3)c2)cc1Cl. The van der Waals surface area contributed by atoms with Crippen LogP contribution in [0.15, 0.2) is 61.1 Å². The van der Waals surface area contributed by atoms with Crippen LogP contribution in [0.25, 0.3) is 0 Å². The molecule has 0 saturated heterocycles. The molecule has 0 saturated carbocycles. The van der Waals surface area contributed by atoms with Crippen molar-refractivity contribution in [3.05, 3.63) is 82.9 Å². The molecule has 6 heteroatoms. The maximum atomic E-state index is 12.4. The van der Waals surface area contributed by atoms with Crippen molar-refractivity contribution in [3.8, 4) is 0 Å². The van der Waals surface area contributed by atoms with E-state index >= 15 is 0 Å². The second-order valence-corrected chi connectivity index (χ2v) is 5.96. The van der Waals surface area contributed by atoms with Gasteiger partial charge in [-0.05, 0) is 42.8 Å². The summed E-state index contributed by atoms with van der Waals surface area (Å²) in [6.07, 6.45) is 4.94. The standard InChI is InChI=1S/C19H17ClN4O/c1-13-5-6-15(9-18(13)20)24-19(25)14-8-17(11-21-10-14)23-12-16-4-2-3-7-22-16/h2-11,23H,12H2,1H3,(H,24,25). The molecule has 0 bridgehead atoms. The Morgan fingerprint density at radius 3 is 2.76 bits per heavy atom. The number of aromatic nitrogens is 2. The number of carbonyl (C=O) groups is 1. The van der Waals surface area contributed by atoms with Gasteiger partial charge in [0.15, 0.2) is 0 Å². The zero-order chi connectivity index (χ0) is 17.6. The highest BCUT2D eigenvalue weighted by Crippen LogP contribution is 2.20. The number of hydrogen-bond donors (Lipinski definition) is 2. The maximum Gasteiger partial charge on any atom is 0.257 e. The lowest BCUT2D eigenvalue weighted by molar-refractivity contribution is 0.102. The number of nitrogens with one attached hydrogen (secondary N) is 2. The van der Waals surface area contributed by atoms with Crippen LogP contribution in [-0.2, 0) is 6.54 Å². The van der Waals surface area contributed by atoms with Crippen LogP contribution in [0.3, 0.4) is 0 Å². The Kier molecular flexibility index (Phi) is 5.26. The molecule has 5 nitrogen and oxygen atoms in total. The number of benzene rings is 1. The maximum absolute atomic E-state index is 12.4. The number of anilines is 2. The van der Waals surface area contributed by atoms with E-state index in [2.05, 4.69) is 20.6 Å². The zero-order valence-corrected chi connectivity index (χ0v) is 14.4. The molecular formula is C19H17ClN4O. The third kappa shape index (κ3) is 4.55. The highest BCUT2D eigenvalue weighted by molar-refractivity contribution is 6.31. The molecule has 0 fully saturated rings. The van der Waals surface area contributed by atoms with Crippen molar-refractivity contribution in [1.82, 2.24) is 9.97 Å². The summed E-state index contributed by atoms with van der Waals surface area (Å²) in [6, 6.07) is 12.9. The number of hydrogen-bond acceptors (Lipinski definition) is 4. The van der Waals surface area contributed by atoms with Gasteiger partial charge in [0.1, 0.15) is 0 Å². The van der Waals surface area contributed by atoms with Crippen molar-refractivity contribution < 1.29 is 4.79 Å². The van der Waals surface area contributed by atoms with E-state index in [1.165, 1.54) is 6.20 Å². The fourth-order valence-electron chi connectivity index (χ4n) is 2.23. The molecule has 3 aromatic rings. The molecule has 25 heavy (non-hydrogen) atoms. The summed E-state index contributed by atoms with van der Waals surface area (Å²) in [5.41, 5.74) is 3.73. The molecule has 1 amide bonds. The van der Waals surface area contributed by atoms with Crippen LogP contribution < -0.4 is 10.6 Å². The van der Waals surface area contributed by atoms with E-state index in [-0.39, 0.29) is 5.91 Å². The number of carbonyl (C=O) groups excluding carboxylic acids is 1. The third-order valence-electron chi connectivity index (χ3n) is 3.63. The van der Waals surface area contributed by atoms with E-state index in [4.69, 9.17) is 11.6 Å². The summed E-state index contributed by atoms with van der Waals surface area (Å²) in [5, 5.41) is 6.65. The topological polar surface area (TPSA) is 66.9 Å². The van der Waals surface area contributed by atoms with Crippen LogP contribution in [0, 0.1) is 6.92 Å². The molecule has 1 aromatic carbocycles. The molecule has 0 atom stereocenters. The van der Waals surface area contributed by atoms with Crippen LogP contribution in [0.2, 0.25) is 5.02 Å². The Morgan fingerprint density at radius 1 is 1.12 bits per heavy atom. The van der Waals surface area contributed by atoms with Crippen molar-refractivity contribution in [1.29, 1.82) is 0 Å². The van der Waals surface area contributed by atoms with Crippen LogP contribution in [0.1, 0.15) is 21.6 Å². The second kappa shape index (κ2) is 7.77. The van der Waals surface area contributed by atoms with Crippen LogP contribution in [0.4, 0.5) is 11.4 Å². The molecule has 0 aliphatic rings. The van der Waals surface area contributed by atoms with Gasteiger partial charge in [0.2, 0.25) is 0 Å². The Labute approximate surface area is 151 Å². The molecule has 0 aliphatic heterocycles. The minimum Gasteiger partial charge on any atom is -0.378 e. The van der Waals surface area contributed by atoms with Gasteiger partial charge in [0.05, 0.1) is 23.5 Å².